The van der Waals surface area contributed by atoms with Gasteiger partial charge in [0.05, 0.1) is 13.2 Å². The van der Waals surface area contributed by atoms with Crippen molar-refractivity contribution >= 4 is 11.6 Å². The van der Waals surface area contributed by atoms with Crippen LogP contribution in [0.15, 0.2) is 42.5 Å². The molecule has 0 amide bonds. The normalized spacial score (nSPS) is 12.2. The number of aryl methyl sites for hydroxylation is 1. The van der Waals surface area contributed by atoms with Crippen LogP contribution in [-0.2, 0) is 6.42 Å². The first kappa shape index (κ1) is 14.9. The van der Waals surface area contributed by atoms with E-state index in [9.17, 15) is 0 Å². The number of hydrogen-bond donors (Lipinski definition) is 2. The highest BCUT2D eigenvalue weighted by Crippen LogP contribution is 2.29. The molecule has 0 saturated heterocycles. The van der Waals surface area contributed by atoms with Crippen molar-refractivity contribution in [2.45, 2.75) is 19.4 Å². The highest BCUT2D eigenvalue weighted by Gasteiger charge is 2.16. The lowest BCUT2D eigenvalue weighted by Crippen LogP contribution is -2.30. The minimum atomic E-state index is -0.0505. The highest BCUT2D eigenvalue weighted by atomic mass is 35.5. The van der Waals surface area contributed by atoms with Gasteiger partial charge in [0.25, 0.3) is 0 Å². The van der Waals surface area contributed by atoms with Crippen molar-refractivity contribution < 1.29 is 4.74 Å². The van der Waals surface area contributed by atoms with Gasteiger partial charge in [-0.15, -0.1) is 0 Å². The molecule has 3 nitrogen and oxygen atoms in total. The molecule has 0 saturated carbocycles. The second kappa shape index (κ2) is 6.75. The molecule has 1 unspecified atom stereocenters. The Morgan fingerprint density at radius 2 is 2.00 bits per heavy atom. The van der Waals surface area contributed by atoms with E-state index in [0.29, 0.717) is 6.42 Å². The first-order valence-electron chi connectivity index (χ1n) is 6.49. The Kier molecular flexibility index (Phi) is 5.01. The maximum atomic E-state index is 6.21. The topological polar surface area (TPSA) is 47.3 Å². The quantitative estimate of drug-likeness (QED) is 0.655. The molecule has 20 heavy (non-hydrogen) atoms. The standard InChI is InChI=1S/C16H19ClN2O/c1-11-7-8-13(16(9-11)20-2)15(19-18)10-12-5-3-4-6-14(12)17/h3-9,15,19H,10,18H2,1-2H3. The average molecular weight is 291 g/mol. The van der Waals surface area contributed by atoms with Crippen molar-refractivity contribution in [3.05, 3.63) is 64.2 Å². The molecule has 3 N–H and O–H groups in total. The smallest absolute Gasteiger partial charge is 0.123 e. The SMILES string of the molecule is COc1cc(C)ccc1C(Cc1ccccc1Cl)NN. The number of methoxy groups -OCH3 is 1. The molecule has 0 aliphatic heterocycles. The maximum absolute atomic E-state index is 6.21. The van der Waals surface area contributed by atoms with Crippen LogP contribution in [0.4, 0.5) is 0 Å². The number of benzene rings is 2. The summed E-state index contributed by atoms with van der Waals surface area (Å²) in [6.07, 6.45) is 0.704. The van der Waals surface area contributed by atoms with E-state index in [2.05, 4.69) is 11.5 Å². The van der Waals surface area contributed by atoms with Gasteiger partial charge in [0.1, 0.15) is 5.75 Å². The number of rotatable bonds is 5. The van der Waals surface area contributed by atoms with Crippen molar-refractivity contribution in [3.63, 3.8) is 0 Å². The molecule has 0 aliphatic rings. The third-order valence-electron chi connectivity index (χ3n) is 3.35. The van der Waals surface area contributed by atoms with Gasteiger partial charge in [0.2, 0.25) is 0 Å². The molecular formula is C16H19ClN2O. The highest BCUT2D eigenvalue weighted by molar-refractivity contribution is 6.31. The number of nitrogens with one attached hydrogen (secondary N) is 1. The van der Waals surface area contributed by atoms with Crippen LogP contribution in [0, 0.1) is 6.92 Å². The molecule has 4 heteroatoms. The maximum Gasteiger partial charge on any atom is 0.123 e. The molecular weight excluding hydrogens is 272 g/mol. The van der Waals surface area contributed by atoms with E-state index >= 15 is 0 Å². The summed E-state index contributed by atoms with van der Waals surface area (Å²) in [6, 6.07) is 13.8. The van der Waals surface area contributed by atoms with Gasteiger partial charge in [-0.3, -0.25) is 11.3 Å². The molecule has 2 aromatic carbocycles. The van der Waals surface area contributed by atoms with Crippen LogP contribution in [0.25, 0.3) is 0 Å². The minimum absolute atomic E-state index is 0.0505. The Morgan fingerprint density at radius 3 is 2.65 bits per heavy atom. The van der Waals surface area contributed by atoms with E-state index in [4.69, 9.17) is 22.2 Å². The van der Waals surface area contributed by atoms with Gasteiger partial charge < -0.3 is 4.74 Å². The van der Waals surface area contributed by atoms with E-state index < -0.39 is 0 Å². The zero-order valence-electron chi connectivity index (χ0n) is 11.7. The van der Waals surface area contributed by atoms with Crippen LogP contribution in [0.2, 0.25) is 5.02 Å². The summed E-state index contributed by atoms with van der Waals surface area (Å²) in [5.74, 6) is 6.55. The predicted molar refractivity (Wildman–Crippen MR) is 83.0 cm³/mol. The van der Waals surface area contributed by atoms with Gasteiger partial charge in [-0.25, -0.2) is 0 Å². The van der Waals surface area contributed by atoms with Gasteiger partial charge in [0.15, 0.2) is 0 Å². The monoisotopic (exact) mass is 290 g/mol. The fourth-order valence-electron chi connectivity index (χ4n) is 2.25. The Balaban J connectivity index is 2.31. The van der Waals surface area contributed by atoms with E-state index in [1.54, 1.807) is 7.11 Å². The summed E-state index contributed by atoms with van der Waals surface area (Å²) in [4.78, 5) is 0. The summed E-state index contributed by atoms with van der Waals surface area (Å²) in [6.45, 7) is 2.03. The molecule has 0 aliphatic carbocycles. The van der Waals surface area contributed by atoms with Crippen LogP contribution in [-0.4, -0.2) is 7.11 Å². The molecule has 0 radical (unpaired) electrons. The molecule has 1 atom stereocenters. The van der Waals surface area contributed by atoms with Gasteiger partial charge >= 0.3 is 0 Å². The largest absolute Gasteiger partial charge is 0.496 e. The average Bonchev–Trinajstić information content (AvgIpc) is 2.46. The Labute approximate surface area is 124 Å². The lowest BCUT2D eigenvalue weighted by atomic mass is 9.97. The molecule has 0 spiro atoms. The van der Waals surface area contributed by atoms with Crippen molar-refractivity contribution in [2.75, 3.05) is 7.11 Å². The van der Waals surface area contributed by atoms with Crippen LogP contribution in [0.1, 0.15) is 22.7 Å². The van der Waals surface area contributed by atoms with Gasteiger partial charge in [-0.1, -0.05) is 41.9 Å². The zero-order chi connectivity index (χ0) is 14.5. The summed E-state index contributed by atoms with van der Waals surface area (Å²) in [5.41, 5.74) is 6.09. The Morgan fingerprint density at radius 1 is 1.25 bits per heavy atom. The van der Waals surface area contributed by atoms with Crippen molar-refractivity contribution in [1.29, 1.82) is 0 Å². The van der Waals surface area contributed by atoms with Crippen molar-refractivity contribution in [3.8, 4) is 5.75 Å². The van der Waals surface area contributed by atoms with Crippen LogP contribution >= 0.6 is 11.6 Å². The first-order valence-corrected chi connectivity index (χ1v) is 6.87. The first-order chi connectivity index (χ1) is 9.65. The van der Waals surface area contributed by atoms with Gasteiger partial charge in [0, 0.05) is 10.6 Å². The van der Waals surface area contributed by atoms with Crippen LogP contribution in [0.3, 0.4) is 0 Å². The van der Waals surface area contributed by atoms with Crippen LogP contribution in [0.5, 0.6) is 5.75 Å². The molecule has 106 valence electrons. The number of ether oxygens (including phenoxy) is 1. The predicted octanol–water partition coefficient (Wildman–Crippen LogP) is 3.40. The number of hydrazine groups is 1. The third-order valence-corrected chi connectivity index (χ3v) is 3.72. The molecule has 2 aromatic rings. The van der Waals surface area contributed by atoms with E-state index in [0.717, 1.165) is 27.5 Å². The molecule has 0 bridgehead atoms. The second-order valence-corrected chi connectivity index (χ2v) is 5.17. The van der Waals surface area contributed by atoms with Crippen LogP contribution < -0.4 is 16.0 Å². The molecule has 2 rings (SSSR count). The molecule has 0 fully saturated rings. The minimum Gasteiger partial charge on any atom is -0.496 e. The fraction of sp³-hybridized carbons (Fsp3) is 0.250. The van der Waals surface area contributed by atoms with E-state index in [-0.39, 0.29) is 6.04 Å². The van der Waals surface area contributed by atoms with Gasteiger partial charge in [-0.2, -0.15) is 0 Å². The van der Waals surface area contributed by atoms with E-state index in [1.807, 2.05) is 43.3 Å². The summed E-state index contributed by atoms with van der Waals surface area (Å²) >= 11 is 6.21. The Bertz CT molecular complexity index is 586. The number of hydrogen-bond acceptors (Lipinski definition) is 3. The summed E-state index contributed by atoms with van der Waals surface area (Å²) < 4.78 is 5.45. The molecule has 0 heterocycles. The number of nitrogens with two attached hydrogens (primary N) is 1. The van der Waals surface area contributed by atoms with Crippen molar-refractivity contribution in [2.24, 2.45) is 5.84 Å². The summed E-state index contributed by atoms with van der Waals surface area (Å²) in [5, 5.41) is 0.749. The third kappa shape index (κ3) is 3.31. The van der Waals surface area contributed by atoms with Crippen molar-refractivity contribution in [1.82, 2.24) is 5.43 Å². The van der Waals surface area contributed by atoms with Gasteiger partial charge in [-0.05, 0) is 36.6 Å². The summed E-state index contributed by atoms with van der Waals surface area (Å²) in [7, 11) is 1.67. The lowest BCUT2D eigenvalue weighted by Gasteiger charge is -2.20. The lowest BCUT2D eigenvalue weighted by molar-refractivity contribution is 0.398. The zero-order valence-corrected chi connectivity index (χ0v) is 12.4. The fourth-order valence-corrected chi connectivity index (χ4v) is 2.46. The molecule has 0 aromatic heterocycles. The second-order valence-electron chi connectivity index (χ2n) is 4.76. The Hall–Kier alpha value is -1.55. The van der Waals surface area contributed by atoms with E-state index in [1.165, 1.54) is 0 Å². The number of halogens is 1.